The second-order valence-electron chi connectivity index (χ2n) is 9.09. The van der Waals surface area contributed by atoms with E-state index in [0.29, 0.717) is 38.9 Å². The molecule has 1 heterocycles. The Morgan fingerprint density at radius 3 is 2.44 bits per heavy atom. The van der Waals surface area contributed by atoms with Crippen LogP contribution < -0.4 is 5.32 Å². The zero-order valence-electron chi connectivity index (χ0n) is 19.5. The number of piperidine rings is 1. The van der Waals surface area contributed by atoms with E-state index in [0.717, 1.165) is 43.9 Å². The van der Waals surface area contributed by atoms with Crippen LogP contribution in [0.5, 0.6) is 0 Å². The average Bonchev–Trinajstić information content (AvgIpc) is 3.62. The van der Waals surface area contributed by atoms with E-state index >= 15 is 0 Å². The summed E-state index contributed by atoms with van der Waals surface area (Å²) in [5.41, 5.74) is -0.945. The van der Waals surface area contributed by atoms with Crippen LogP contribution >= 0.6 is 0 Å². The van der Waals surface area contributed by atoms with Crippen LogP contribution in [-0.2, 0) is 25.6 Å². The molecular weight excluding hydrogens is 471 g/mol. The lowest BCUT2D eigenvalue weighted by Gasteiger charge is -2.36. The molecule has 2 atom stereocenters. The molecular formula is C23H35F3N3O4S+. The number of carbonyl (C=O) groups excluding carboxylic acids is 1. The minimum absolute atomic E-state index is 0.00271. The predicted octanol–water partition coefficient (Wildman–Crippen LogP) is 3.55. The van der Waals surface area contributed by atoms with Gasteiger partial charge in [-0.15, -0.1) is 0 Å². The number of amides is 1. The first kappa shape index (κ1) is 27.1. The number of nitrogens with zero attached hydrogens (tertiary/aromatic N) is 2. The van der Waals surface area contributed by atoms with Crippen molar-refractivity contribution in [2.24, 2.45) is 0 Å². The normalized spacial score (nSPS) is 20.4. The van der Waals surface area contributed by atoms with E-state index in [1.165, 1.54) is 10.4 Å². The number of halogens is 3. The Labute approximate surface area is 200 Å². The maximum atomic E-state index is 13.5. The number of nitrogens with one attached hydrogen (secondary N) is 1. The van der Waals surface area contributed by atoms with Crippen molar-refractivity contribution in [1.29, 1.82) is 0 Å². The fourth-order valence-electron chi connectivity index (χ4n) is 4.59. The van der Waals surface area contributed by atoms with Crippen LogP contribution in [0.3, 0.4) is 0 Å². The lowest BCUT2D eigenvalue weighted by Crippen LogP contribution is -2.52. The number of alkyl halides is 3. The summed E-state index contributed by atoms with van der Waals surface area (Å²) >= 11 is 0. The number of hydrogen-bond acceptors (Lipinski definition) is 4. The van der Waals surface area contributed by atoms with E-state index in [4.69, 9.17) is 5.11 Å². The van der Waals surface area contributed by atoms with Gasteiger partial charge in [-0.3, -0.25) is 4.79 Å². The Morgan fingerprint density at radius 1 is 1.24 bits per heavy atom. The summed E-state index contributed by atoms with van der Waals surface area (Å²) in [5.74, 6) is 0.00271. The smallest absolute Gasteiger partial charge is 0.395 e. The van der Waals surface area contributed by atoms with Gasteiger partial charge in [0.05, 0.1) is 24.3 Å². The van der Waals surface area contributed by atoms with Gasteiger partial charge in [-0.05, 0) is 48.4 Å². The molecule has 1 saturated heterocycles. The number of benzene rings is 1. The van der Waals surface area contributed by atoms with Crippen LogP contribution in [0.15, 0.2) is 29.2 Å². The Morgan fingerprint density at radius 2 is 1.88 bits per heavy atom. The number of likely N-dealkylation sites (tertiary alicyclic amines) is 1. The highest BCUT2D eigenvalue weighted by molar-refractivity contribution is 7.95. The maximum absolute atomic E-state index is 13.5. The number of aliphatic hydroxyl groups is 1. The number of rotatable bonds is 11. The Hall–Kier alpha value is -1.53. The molecule has 34 heavy (non-hydrogen) atoms. The predicted molar refractivity (Wildman–Crippen MR) is 123 cm³/mol. The van der Waals surface area contributed by atoms with E-state index < -0.39 is 22.1 Å². The molecule has 192 valence electrons. The van der Waals surface area contributed by atoms with Crippen LogP contribution in [0.1, 0.15) is 57.4 Å². The standard InChI is InChI=1S/C23H34F3N3O4S/c1-2-4-18(27-11-14-30)16-22(31)28-12-9-20(10-13-28)29(19-7-8-19)34(32,33)21-6-3-5-17(15-21)23(24,25)26/h3,5-6,15,18-20,27,30H,2,4,7-14,16H2,1H3/p+1. The summed E-state index contributed by atoms with van der Waals surface area (Å²) in [6.07, 6.45) is -0.107. The lowest BCUT2D eigenvalue weighted by atomic mass is 10.0. The quantitative estimate of drug-likeness (QED) is 0.399. The van der Waals surface area contributed by atoms with Crippen molar-refractivity contribution in [3.8, 4) is 0 Å². The van der Waals surface area contributed by atoms with Crippen LogP contribution in [0.25, 0.3) is 0 Å². The average molecular weight is 507 g/mol. The van der Waals surface area contributed by atoms with Crippen molar-refractivity contribution in [2.75, 3.05) is 26.2 Å². The molecule has 2 aliphatic rings. The number of carbonyl (C=O) groups is 1. The summed E-state index contributed by atoms with van der Waals surface area (Å²) < 4.78 is 65.5. The molecule has 1 aliphatic heterocycles. The molecule has 3 N–H and O–H groups in total. The summed E-state index contributed by atoms with van der Waals surface area (Å²) in [5, 5.41) is 12.2. The molecule has 11 heteroatoms. The van der Waals surface area contributed by atoms with E-state index in [9.17, 15) is 26.7 Å². The van der Waals surface area contributed by atoms with E-state index in [1.807, 2.05) is 6.92 Å². The first-order chi connectivity index (χ1) is 16.1. The van der Waals surface area contributed by atoms with Gasteiger partial charge >= 0.3 is 16.6 Å². The van der Waals surface area contributed by atoms with E-state index in [-0.39, 0.29) is 35.5 Å². The van der Waals surface area contributed by atoms with Gasteiger partial charge in [0.2, 0.25) is 10.8 Å². The third kappa shape index (κ3) is 6.78. The molecule has 0 aromatic heterocycles. The van der Waals surface area contributed by atoms with Crippen molar-refractivity contribution >= 4 is 16.3 Å². The summed E-state index contributed by atoms with van der Waals surface area (Å²) in [6, 6.07) is 3.66. The molecule has 2 unspecified atom stereocenters. The third-order valence-corrected chi connectivity index (χ3v) is 8.48. The van der Waals surface area contributed by atoms with Crippen LogP contribution in [-0.4, -0.2) is 69.1 Å². The number of hydrogen-bond donors (Lipinski definition) is 3. The van der Waals surface area contributed by atoms with Crippen LogP contribution in [0.4, 0.5) is 13.2 Å². The summed E-state index contributed by atoms with van der Waals surface area (Å²) in [6.45, 7) is 3.33. The van der Waals surface area contributed by atoms with Gasteiger partial charge in [-0.25, -0.2) is 0 Å². The first-order valence-corrected chi connectivity index (χ1v) is 13.4. The molecule has 1 aromatic rings. The summed E-state index contributed by atoms with van der Waals surface area (Å²) in [7, 11) is -3.85. The molecule has 3 rings (SSSR count). The van der Waals surface area contributed by atoms with Gasteiger partial charge in [-0.1, -0.05) is 23.7 Å². The first-order valence-electron chi connectivity index (χ1n) is 11.9. The zero-order valence-corrected chi connectivity index (χ0v) is 20.3. The molecule has 2 fully saturated rings. The van der Waals surface area contributed by atoms with E-state index in [1.54, 1.807) is 4.90 Å². The molecule has 1 saturated carbocycles. The largest absolute Gasteiger partial charge is 0.416 e. The Kier molecular flexibility index (Phi) is 9.13. The highest BCUT2D eigenvalue weighted by Gasteiger charge is 2.52. The SMILES string of the molecule is CCCC(CC(=O)N1CCC(N(C2CC2)[S+](=O)(O)c2cccc(C(F)(F)F)c2)CC1)NCCO. The summed E-state index contributed by atoms with van der Waals surface area (Å²) in [4.78, 5) is 14.3. The van der Waals surface area contributed by atoms with Gasteiger partial charge in [-0.2, -0.15) is 17.7 Å². The fraction of sp³-hybridized carbons (Fsp3) is 0.696. The van der Waals surface area contributed by atoms with Gasteiger partial charge in [0.15, 0.2) is 0 Å². The van der Waals surface area contributed by atoms with Crippen LogP contribution in [0.2, 0.25) is 0 Å². The number of aliphatic hydroxyl groups excluding tert-OH is 1. The van der Waals surface area contributed by atoms with Crippen molar-refractivity contribution in [3.63, 3.8) is 0 Å². The molecule has 1 aromatic carbocycles. The molecule has 0 bridgehead atoms. The maximum Gasteiger partial charge on any atom is 0.416 e. The fourth-order valence-corrected chi connectivity index (χ4v) is 6.60. The van der Waals surface area contributed by atoms with Crippen molar-refractivity contribution in [2.45, 2.75) is 81.1 Å². The van der Waals surface area contributed by atoms with Gasteiger partial charge in [0.25, 0.3) is 0 Å². The lowest BCUT2D eigenvalue weighted by molar-refractivity contribution is -0.137. The topological polar surface area (TPSA) is 93.1 Å². The molecule has 1 aliphatic carbocycles. The van der Waals surface area contributed by atoms with Crippen molar-refractivity contribution in [3.05, 3.63) is 29.8 Å². The van der Waals surface area contributed by atoms with Gasteiger partial charge < -0.3 is 15.3 Å². The minimum Gasteiger partial charge on any atom is -0.395 e. The van der Waals surface area contributed by atoms with Crippen LogP contribution in [0, 0.1) is 0 Å². The van der Waals surface area contributed by atoms with Gasteiger partial charge in [0, 0.05) is 38.2 Å². The molecule has 7 nitrogen and oxygen atoms in total. The third-order valence-electron chi connectivity index (χ3n) is 6.44. The molecule has 0 radical (unpaired) electrons. The highest BCUT2D eigenvalue weighted by atomic mass is 32.3. The monoisotopic (exact) mass is 506 g/mol. The molecule has 0 spiro atoms. The zero-order chi connectivity index (χ0) is 24.9. The molecule has 1 amide bonds. The van der Waals surface area contributed by atoms with Crippen molar-refractivity contribution in [1.82, 2.24) is 14.5 Å². The Balaban J connectivity index is 1.67. The van der Waals surface area contributed by atoms with Gasteiger partial charge in [0.1, 0.15) is 0 Å². The highest BCUT2D eigenvalue weighted by Crippen LogP contribution is 2.40. The Bertz CT molecular complexity index is 873. The van der Waals surface area contributed by atoms with E-state index in [2.05, 4.69) is 5.32 Å². The van der Waals surface area contributed by atoms with Crippen molar-refractivity contribution < 1.29 is 31.8 Å². The second-order valence-corrected chi connectivity index (χ2v) is 11.0. The second kappa shape index (κ2) is 11.5. The minimum atomic E-state index is -4.59.